The van der Waals surface area contributed by atoms with Gasteiger partial charge in [-0.05, 0) is 44.9 Å². The fraction of sp³-hybridized carbons (Fsp3) is 0.831. The van der Waals surface area contributed by atoms with Crippen molar-refractivity contribution in [2.45, 2.75) is 399 Å². The van der Waals surface area contributed by atoms with E-state index in [9.17, 15) is 14.4 Å². The van der Waals surface area contributed by atoms with E-state index < -0.39 is 12.1 Å². The van der Waals surface area contributed by atoms with Crippen LogP contribution in [-0.4, -0.2) is 37.2 Å². The third kappa shape index (κ3) is 69.8. The highest BCUT2D eigenvalue weighted by molar-refractivity contribution is 5.72. The molecule has 0 rings (SSSR count). The fourth-order valence-corrected chi connectivity index (χ4v) is 11.1. The highest BCUT2D eigenvalue weighted by Crippen LogP contribution is 2.19. The molecule has 0 radical (unpaired) electrons. The fourth-order valence-electron chi connectivity index (χ4n) is 11.1. The van der Waals surface area contributed by atoms with Crippen molar-refractivity contribution in [3.05, 3.63) is 60.8 Å². The van der Waals surface area contributed by atoms with Gasteiger partial charge >= 0.3 is 17.9 Å². The van der Waals surface area contributed by atoms with E-state index in [1.807, 2.05) is 12.2 Å². The lowest BCUT2D eigenvalue weighted by Crippen LogP contribution is -2.30. The van der Waals surface area contributed by atoms with Crippen LogP contribution in [-0.2, 0) is 28.6 Å². The Bertz CT molecular complexity index is 1470. The Hall–Kier alpha value is -2.89. The van der Waals surface area contributed by atoms with Crippen LogP contribution in [0.15, 0.2) is 60.8 Å². The van der Waals surface area contributed by atoms with Gasteiger partial charge in [-0.3, -0.25) is 14.4 Å². The van der Waals surface area contributed by atoms with Crippen molar-refractivity contribution in [2.24, 2.45) is 0 Å². The van der Waals surface area contributed by atoms with Gasteiger partial charge in [0.1, 0.15) is 13.2 Å². The summed E-state index contributed by atoms with van der Waals surface area (Å²) in [5.41, 5.74) is 0. The summed E-state index contributed by atoms with van der Waals surface area (Å²) in [4.78, 5) is 38.4. The minimum absolute atomic E-state index is 0.0988. The second-order valence-electron chi connectivity index (χ2n) is 24.9. The van der Waals surface area contributed by atoms with Crippen LogP contribution in [0, 0.1) is 0 Å². The first-order chi connectivity index (χ1) is 41.0. The number of rotatable bonds is 68. The zero-order chi connectivity index (χ0) is 59.9. The van der Waals surface area contributed by atoms with Gasteiger partial charge in [0.2, 0.25) is 0 Å². The summed E-state index contributed by atoms with van der Waals surface area (Å²) in [6.45, 7) is 6.52. The van der Waals surface area contributed by atoms with Crippen LogP contribution >= 0.6 is 0 Å². The summed E-state index contributed by atoms with van der Waals surface area (Å²) in [6, 6.07) is 0. The molecule has 0 aromatic rings. The van der Waals surface area contributed by atoms with E-state index in [-0.39, 0.29) is 31.6 Å². The molecule has 0 N–H and O–H groups in total. The molecule has 0 aromatic carbocycles. The molecular weight excluding hydrogens is 1020 g/mol. The molecule has 0 aliphatic heterocycles. The van der Waals surface area contributed by atoms with E-state index in [2.05, 4.69) is 69.4 Å². The molecule has 0 bridgehead atoms. The second kappa shape index (κ2) is 71.6. The van der Waals surface area contributed by atoms with Gasteiger partial charge in [-0.25, -0.2) is 0 Å². The van der Waals surface area contributed by atoms with E-state index in [0.717, 1.165) is 70.6 Å². The molecule has 6 heteroatoms. The van der Waals surface area contributed by atoms with Gasteiger partial charge in [0, 0.05) is 12.8 Å². The summed E-state index contributed by atoms with van der Waals surface area (Å²) < 4.78 is 16.9. The normalized spacial score (nSPS) is 12.4. The van der Waals surface area contributed by atoms with Gasteiger partial charge in [-0.2, -0.15) is 0 Å². The zero-order valence-corrected chi connectivity index (χ0v) is 55.7. The van der Waals surface area contributed by atoms with E-state index in [1.54, 1.807) is 0 Å². The molecule has 0 fully saturated rings. The smallest absolute Gasteiger partial charge is 0.309 e. The first-order valence-corrected chi connectivity index (χ1v) is 36.8. The molecule has 0 amide bonds. The van der Waals surface area contributed by atoms with Crippen molar-refractivity contribution in [1.29, 1.82) is 0 Å². The Labute approximate surface area is 517 Å². The zero-order valence-electron chi connectivity index (χ0n) is 55.7. The third-order valence-corrected chi connectivity index (χ3v) is 16.6. The predicted molar refractivity (Wildman–Crippen MR) is 362 cm³/mol. The van der Waals surface area contributed by atoms with Gasteiger partial charge < -0.3 is 14.2 Å². The summed E-state index contributed by atoms with van der Waals surface area (Å²) in [6.07, 6.45) is 93.0. The number of ether oxygens (including phenoxy) is 3. The molecule has 0 spiro atoms. The van der Waals surface area contributed by atoms with Crippen LogP contribution in [0.1, 0.15) is 393 Å². The average Bonchev–Trinajstić information content (AvgIpc) is 3.49. The van der Waals surface area contributed by atoms with Gasteiger partial charge in [-0.15, -0.1) is 0 Å². The van der Waals surface area contributed by atoms with Crippen molar-refractivity contribution < 1.29 is 28.6 Å². The van der Waals surface area contributed by atoms with Gasteiger partial charge in [0.15, 0.2) is 6.10 Å². The van der Waals surface area contributed by atoms with Crippen molar-refractivity contribution in [1.82, 2.24) is 0 Å². The van der Waals surface area contributed by atoms with E-state index in [1.165, 1.54) is 283 Å². The van der Waals surface area contributed by atoms with Gasteiger partial charge in [0.05, 0.1) is 6.42 Å². The first-order valence-electron chi connectivity index (χ1n) is 36.8. The topological polar surface area (TPSA) is 78.9 Å². The van der Waals surface area contributed by atoms with Crippen molar-refractivity contribution in [3.8, 4) is 0 Å². The van der Waals surface area contributed by atoms with E-state index >= 15 is 0 Å². The summed E-state index contributed by atoms with van der Waals surface area (Å²) in [7, 11) is 0. The molecule has 1 atom stereocenters. The van der Waals surface area contributed by atoms with Crippen molar-refractivity contribution in [2.75, 3.05) is 13.2 Å². The highest BCUT2D eigenvalue weighted by atomic mass is 16.6. The molecule has 0 aliphatic rings. The first kappa shape index (κ1) is 80.1. The number of carbonyl (C=O) groups excluding carboxylic acids is 3. The summed E-state index contributed by atoms with van der Waals surface area (Å²) in [5, 5.41) is 0. The van der Waals surface area contributed by atoms with Crippen molar-refractivity contribution >= 4 is 17.9 Å². The average molecular weight is 1160 g/mol. The number of hydrogen-bond donors (Lipinski definition) is 0. The Morgan fingerprint density at radius 3 is 0.735 bits per heavy atom. The highest BCUT2D eigenvalue weighted by Gasteiger charge is 2.19. The maximum Gasteiger partial charge on any atom is 0.309 e. The maximum absolute atomic E-state index is 13.0. The molecule has 1 unspecified atom stereocenters. The molecule has 0 saturated heterocycles. The molecule has 0 heterocycles. The molecular formula is C77H140O6. The Morgan fingerprint density at radius 1 is 0.253 bits per heavy atom. The van der Waals surface area contributed by atoms with Gasteiger partial charge in [0.25, 0.3) is 0 Å². The van der Waals surface area contributed by atoms with Crippen LogP contribution in [0.25, 0.3) is 0 Å². The Balaban J connectivity index is 4.26. The summed E-state index contributed by atoms with van der Waals surface area (Å²) >= 11 is 0. The molecule has 6 nitrogen and oxygen atoms in total. The van der Waals surface area contributed by atoms with Crippen molar-refractivity contribution in [3.63, 3.8) is 0 Å². The minimum Gasteiger partial charge on any atom is -0.462 e. The van der Waals surface area contributed by atoms with Crippen LogP contribution < -0.4 is 0 Å². The van der Waals surface area contributed by atoms with E-state index in [4.69, 9.17) is 14.2 Å². The van der Waals surface area contributed by atoms with Crippen LogP contribution in [0.3, 0.4) is 0 Å². The molecule has 0 saturated carbocycles. The largest absolute Gasteiger partial charge is 0.462 e. The Kier molecular flexibility index (Phi) is 69.1. The monoisotopic (exact) mass is 1160 g/mol. The van der Waals surface area contributed by atoms with Crippen LogP contribution in [0.4, 0.5) is 0 Å². The Morgan fingerprint density at radius 2 is 0.470 bits per heavy atom. The minimum atomic E-state index is -0.813. The lowest BCUT2D eigenvalue weighted by molar-refractivity contribution is -0.166. The number of unbranched alkanes of at least 4 members (excludes halogenated alkanes) is 48. The SMILES string of the molecule is CC/C=C\C/C=C\C/C=C\C/C=C\C/C=C\CC(=O)OCC(COC(=O)CCCCCCCCCCCCCCCCCCCCCCCCCCCCCCC)OC(=O)CCCCCCCCCCCCCCCCCCCCCCC. The molecule has 0 aromatic heterocycles. The standard InChI is InChI=1S/C77H140O6/c1-4-7-10-13-16-19-22-25-28-30-32-34-35-36-37-38-39-40-41-43-44-46-49-52-55-58-61-64-67-70-76(79)82-73-74(72-81-75(78)69-66-63-60-57-54-51-48-27-24-21-18-15-12-9-6-3)83-77(80)71-68-65-62-59-56-53-50-47-45-42-33-31-29-26-23-20-17-14-11-8-5-2/h9,12,18,21,27,48,54,57,63,66,74H,4-8,10-11,13-17,19-20,22-26,28-47,49-53,55-56,58-62,64-65,67-73H2,1-3H3/b12-9-,21-18-,48-27-,57-54-,66-63-. The predicted octanol–water partition coefficient (Wildman–Crippen LogP) is 25.5. The lowest BCUT2D eigenvalue weighted by Gasteiger charge is -2.18. The quantitative estimate of drug-likeness (QED) is 0.0261. The summed E-state index contributed by atoms with van der Waals surface area (Å²) in [5.74, 6) is -1.01. The number of allylic oxidation sites excluding steroid dienone is 9. The van der Waals surface area contributed by atoms with E-state index in [0.29, 0.717) is 12.8 Å². The van der Waals surface area contributed by atoms with Crippen LogP contribution in [0.2, 0.25) is 0 Å². The number of hydrogen-bond acceptors (Lipinski definition) is 6. The number of esters is 3. The molecule has 83 heavy (non-hydrogen) atoms. The maximum atomic E-state index is 13.0. The second-order valence-corrected chi connectivity index (χ2v) is 24.9. The van der Waals surface area contributed by atoms with Crippen LogP contribution in [0.5, 0.6) is 0 Å². The molecule has 484 valence electrons. The lowest BCUT2D eigenvalue weighted by atomic mass is 10.0. The van der Waals surface area contributed by atoms with Gasteiger partial charge in [-0.1, -0.05) is 390 Å². The molecule has 0 aliphatic carbocycles. The third-order valence-electron chi connectivity index (χ3n) is 16.6. The number of carbonyl (C=O) groups is 3.